The molecule has 0 amide bonds. The van der Waals surface area contributed by atoms with Gasteiger partial charge in [-0.1, -0.05) is 0 Å². The van der Waals surface area contributed by atoms with Crippen LogP contribution in [0.15, 0.2) is 6.33 Å². The van der Waals surface area contributed by atoms with Crippen LogP contribution in [-0.2, 0) is 16.6 Å². The van der Waals surface area contributed by atoms with E-state index in [1.165, 1.54) is 22.9 Å². The van der Waals surface area contributed by atoms with Crippen molar-refractivity contribution in [3.8, 4) is 0 Å². The van der Waals surface area contributed by atoms with Crippen LogP contribution in [0, 0.1) is 10.1 Å². The van der Waals surface area contributed by atoms with E-state index in [2.05, 4.69) is 4.98 Å². The molecule has 1 aromatic rings. The second-order valence-electron chi connectivity index (χ2n) is 4.36. The van der Waals surface area contributed by atoms with E-state index in [1.807, 2.05) is 0 Å². The van der Waals surface area contributed by atoms with Crippen LogP contribution in [0.5, 0.6) is 0 Å². The maximum atomic E-state index is 11.3. The quantitative estimate of drug-likeness (QED) is 0.605. The molecule has 2 atom stereocenters. The van der Waals surface area contributed by atoms with E-state index in [4.69, 9.17) is 4.74 Å². The number of imidazole rings is 1. The molecule has 1 aliphatic rings. The minimum atomic E-state index is -1.03. The highest BCUT2D eigenvalue weighted by atomic mass is 16.6. The van der Waals surface area contributed by atoms with Gasteiger partial charge in [-0.25, -0.2) is 4.79 Å². The summed E-state index contributed by atoms with van der Waals surface area (Å²) in [6.07, 6.45) is 1.32. The number of hydrogen-bond acceptors (Lipinski definition) is 6. The van der Waals surface area contributed by atoms with Gasteiger partial charge in [0.2, 0.25) is 12.1 Å². The zero-order valence-electron chi connectivity index (χ0n) is 10.5. The van der Waals surface area contributed by atoms with Crippen molar-refractivity contribution in [3.05, 3.63) is 16.4 Å². The average molecular weight is 270 g/mol. The molecule has 19 heavy (non-hydrogen) atoms. The lowest BCUT2D eigenvalue weighted by atomic mass is 10.2. The fraction of sp³-hybridized carbons (Fsp3) is 0.600. The van der Waals surface area contributed by atoms with Crippen LogP contribution in [0.1, 0.15) is 6.42 Å². The van der Waals surface area contributed by atoms with Crippen molar-refractivity contribution in [2.75, 3.05) is 18.6 Å². The predicted molar refractivity (Wildman–Crippen MR) is 64.0 cm³/mol. The molecular weight excluding hydrogens is 256 g/mol. The number of methoxy groups -OCH3 is 1. The Morgan fingerprint density at radius 2 is 2.37 bits per heavy atom. The zero-order valence-corrected chi connectivity index (χ0v) is 10.5. The fourth-order valence-corrected chi connectivity index (χ4v) is 2.31. The first kappa shape index (κ1) is 13.3. The van der Waals surface area contributed by atoms with Gasteiger partial charge in [0.05, 0.1) is 6.10 Å². The molecule has 0 radical (unpaired) electrons. The van der Waals surface area contributed by atoms with Crippen LogP contribution in [0.4, 0.5) is 11.6 Å². The molecule has 9 heteroatoms. The summed E-state index contributed by atoms with van der Waals surface area (Å²) in [5.74, 6) is -1.18. The van der Waals surface area contributed by atoms with E-state index >= 15 is 0 Å². The summed E-state index contributed by atoms with van der Waals surface area (Å²) in [5.41, 5.74) is 0. The molecule has 9 nitrogen and oxygen atoms in total. The summed E-state index contributed by atoms with van der Waals surface area (Å²) in [6, 6.07) is -0.848. The zero-order chi connectivity index (χ0) is 14.2. The van der Waals surface area contributed by atoms with Gasteiger partial charge >= 0.3 is 11.8 Å². The minimum Gasteiger partial charge on any atom is -0.480 e. The van der Waals surface area contributed by atoms with E-state index in [0.29, 0.717) is 0 Å². The molecule has 0 aliphatic carbocycles. The van der Waals surface area contributed by atoms with Crippen LogP contribution >= 0.6 is 0 Å². The van der Waals surface area contributed by atoms with Gasteiger partial charge < -0.3 is 24.9 Å². The Hall–Kier alpha value is -2.16. The van der Waals surface area contributed by atoms with Crippen molar-refractivity contribution in [2.45, 2.75) is 18.6 Å². The van der Waals surface area contributed by atoms with Crippen LogP contribution in [0.2, 0.25) is 0 Å². The summed E-state index contributed by atoms with van der Waals surface area (Å²) in [6.45, 7) is 0.286. The number of carboxylic acid groups (broad SMARTS) is 1. The Kier molecular flexibility index (Phi) is 3.38. The topological polar surface area (TPSA) is 111 Å². The highest BCUT2D eigenvalue weighted by Crippen LogP contribution is 2.33. The number of aryl methyl sites for hydroxylation is 1. The summed E-state index contributed by atoms with van der Waals surface area (Å²) >= 11 is 0. The van der Waals surface area contributed by atoms with Gasteiger partial charge in [-0.2, -0.15) is 0 Å². The van der Waals surface area contributed by atoms with Gasteiger partial charge in [0.1, 0.15) is 6.04 Å². The molecule has 0 saturated carbocycles. The largest absolute Gasteiger partial charge is 0.480 e. The predicted octanol–water partition coefficient (Wildman–Crippen LogP) is 0.00660. The minimum absolute atomic E-state index is 0.192. The number of carbonyl (C=O) groups is 1. The molecule has 1 N–H and O–H groups in total. The first-order chi connectivity index (χ1) is 8.95. The third-order valence-electron chi connectivity index (χ3n) is 3.21. The number of anilines is 1. The molecule has 0 aromatic carbocycles. The molecule has 2 rings (SSSR count). The number of aliphatic carboxylic acids is 1. The van der Waals surface area contributed by atoms with Crippen molar-refractivity contribution >= 4 is 17.6 Å². The van der Waals surface area contributed by atoms with Gasteiger partial charge in [-0.15, -0.1) is 0 Å². The number of hydrogen-bond donors (Lipinski definition) is 1. The number of nitro groups is 1. The van der Waals surface area contributed by atoms with Crippen LogP contribution in [-0.4, -0.2) is 51.4 Å². The van der Waals surface area contributed by atoms with E-state index in [9.17, 15) is 20.0 Å². The van der Waals surface area contributed by atoms with Crippen molar-refractivity contribution in [1.29, 1.82) is 0 Å². The lowest BCUT2D eigenvalue weighted by Gasteiger charge is -2.22. The van der Waals surface area contributed by atoms with Gasteiger partial charge in [0.25, 0.3) is 0 Å². The third kappa shape index (κ3) is 2.24. The molecule has 2 heterocycles. The number of carboxylic acids is 1. The monoisotopic (exact) mass is 270 g/mol. The van der Waals surface area contributed by atoms with Crippen LogP contribution in [0.25, 0.3) is 0 Å². The van der Waals surface area contributed by atoms with Crippen molar-refractivity contribution in [1.82, 2.24) is 9.55 Å². The molecule has 2 unspecified atom stereocenters. The second-order valence-corrected chi connectivity index (χ2v) is 4.36. The molecule has 1 aliphatic heterocycles. The van der Waals surface area contributed by atoms with Gasteiger partial charge in [-0.05, 0) is 9.91 Å². The highest BCUT2D eigenvalue weighted by Gasteiger charge is 2.41. The smallest absolute Gasteiger partial charge is 0.406 e. The van der Waals surface area contributed by atoms with Crippen LogP contribution < -0.4 is 4.90 Å². The highest BCUT2D eigenvalue weighted by molar-refractivity contribution is 5.80. The standard InChI is InChI=1S/C10H14N4O5/c1-12-5-11-8(14(17)18)9(12)13-4-6(19-2)3-7(13)10(15)16/h5-7H,3-4H2,1-2H3,(H,15,16). The van der Waals surface area contributed by atoms with E-state index in [1.54, 1.807) is 7.05 Å². The molecule has 0 bridgehead atoms. The summed E-state index contributed by atoms with van der Waals surface area (Å²) < 4.78 is 6.61. The van der Waals surface area contributed by atoms with Crippen molar-refractivity contribution in [2.24, 2.45) is 7.05 Å². The summed E-state index contributed by atoms with van der Waals surface area (Å²) in [5, 5.41) is 20.2. The Bertz CT molecular complexity index is 514. The molecule has 1 saturated heterocycles. The molecule has 104 valence electrons. The van der Waals surface area contributed by atoms with E-state index in [-0.39, 0.29) is 30.7 Å². The van der Waals surface area contributed by atoms with Crippen molar-refractivity contribution < 1.29 is 19.6 Å². The number of aromatic nitrogens is 2. The Balaban J connectivity index is 2.42. The average Bonchev–Trinajstić information content (AvgIpc) is 2.91. The van der Waals surface area contributed by atoms with Crippen LogP contribution in [0.3, 0.4) is 0 Å². The number of rotatable bonds is 4. The second kappa shape index (κ2) is 4.84. The summed E-state index contributed by atoms with van der Waals surface area (Å²) in [4.78, 5) is 26.7. The maximum Gasteiger partial charge on any atom is 0.406 e. The van der Waals surface area contributed by atoms with Gasteiger partial charge in [-0.3, -0.25) is 4.57 Å². The number of nitrogens with zero attached hydrogens (tertiary/aromatic N) is 4. The Morgan fingerprint density at radius 1 is 1.68 bits per heavy atom. The van der Waals surface area contributed by atoms with Crippen molar-refractivity contribution in [3.63, 3.8) is 0 Å². The molecule has 1 aromatic heterocycles. The maximum absolute atomic E-state index is 11.3. The van der Waals surface area contributed by atoms with Gasteiger partial charge in [0.15, 0.2) is 0 Å². The first-order valence-corrected chi connectivity index (χ1v) is 5.63. The molecule has 0 spiro atoms. The normalized spacial score (nSPS) is 22.7. The fourth-order valence-electron chi connectivity index (χ4n) is 2.31. The van der Waals surface area contributed by atoms with E-state index in [0.717, 1.165) is 0 Å². The number of ether oxygens (including phenoxy) is 1. The summed E-state index contributed by atoms with van der Waals surface area (Å²) in [7, 11) is 3.08. The SMILES string of the molecule is COC1CC(C(=O)O)N(c2c([N+](=O)[O-])ncn2C)C1. The molecule has 1 fully saturated rings. The lowest BCUT2D eigenvalue weighted by molar-refractivity contribution is -0.388. The lowest BCUT2D eigenvalue weighted by Crippen LogP contribution is -2.37. The Morgan fingerprint density at radius 3 is 2.89 bits per heavy atom. The van der Waals surface area contributed by atoms with E-state index < -0.39 is 16.9 Å². The molecular formula is C10H14N4O5. The third-order valence-corrected chi connectivity index (χ3v) is 3.21. The Labute approximate surface area is 108 Å². The van der Waals surface area contributed by atoms with Gasteiger partial charge in [0, 0.05) is 27.1 Å². The first-order valence-electron chi connectivity index (χ1n) is 5.63.